The minimum atomic E-state index is -2.28. The van der Waals surface area contributed by atoms with Gasteiger partial charge in [0.1, 0.15) is 5.82 Å². The second-order valence-electron chi connectivity index (χ2n) is 4.56. The Morgan fingerprint density at radius 2 is 1.71 bits per heavy atom. The highest BCUT2D eigenvalue weighted by molar-refractivity contribution is 9.10. The third-order valence-electron chi connectivity index (χ3n) is 2.49. The number of halogens is 2. The summed E-state index contributed by atoms with van der Waals surface area (Å²) in [5.74, 6) is 9.17. The molecule has 1 N–H and O–H groups in total. The van der Waals surface area contributed by atoms with Crippen LogP contribution in [-0.2, 0) is 9.71 Å². The van der Waals surface area contributed by atoms with E-state index < -0.39 is 9.71 Å². The van der Waals surface area contributed by atoms with E-state index in [-0.39, 0.29) is 5.82 Å². The van der Waals surface area contributed by atoms with E-state index in [9.17, 15) is 8.60 Å². The molecule has 0 spiro atoms. The van der Waals surface area contributed by atoms with Gasteiger partial charge in [0.2, 0.25) is 0 Å². The number of nitrogens with one attached hydrogen (secondary N) is 1. The highest BCUT2D eigenvalue weighted by Gasteiger charge is 1.98. The fourth-order valence-corrected chi connectivity index (χ4v) is 2.60. The number of anilines is 1. The van der Waals surface area contributed by atoms with Gasteiger partial charge in [0.05, 0.1) is 4.47 Å². The van der Waals surface area contributed by atoms with Crippen LogP contribution < -0.4 is 4.72 Å². The van der Waals surface area contributed by atoms with Crippen molar-refractivity contribution in [3.8, 4) is 11.8 Å². The highest BCUT2D eigenvalue weighted by Crippen LogP contribution is 2.16. The first-order valence-corrected chi connectivity index (χ1v) is 8.93. The lowest BCUT2D eigenvalue weighted by atomic mass is 10.2. The van der Waals surface area contributed by atoms with Crippen LogP contribution in [0, 0.1) is 17.7 Å². The van der Waals surface area contributed by atoms with Gasteiger partial charge >= 0.3 is 0 Å². The second kappa shape index (κ2) is 6.33. The van der Waals surface area contributed by atoms with E-state index in [1.165, 1.54) is 12.3 Å². The number of hydrogen-bond donors (Lipinski definition) is 1. The fraction of sp³-hybridized carbons (Fsp3) is 0.0625. The van der Waals surface area contributed by atoms with E-state index in [1.54, 1.807) is 24.3 Å². The first kappa shape index (κ1) is 15.6. The zero-order valence-electron chi connectivity index (χ0n) is 11.3. The Labute approximate surface area is 132 Å². The molecule has 21 heavy (non-hydrogen) atoms. The van der Waals surface area contributed by atoms with E-state index in [1.807, 2.05) is 12.1 Å². The topological polar surface area (TPSA) is 29.1 Å². The van der Waals surface area contributed by atoms with E-state index >= 15 is 0 Å². The SMILES string of the molecule is C=S(C)(=O)Nc1ccc(C#Cc2ccc(F)c(Br)c2)cc1. The van der Waals surface area contributed by atoms with E-state index in [2.05, 4.69) is 38.4 Å². The molecule has 0 fully saturated rings. The molecule has 0 heterocycles. The minimum absolute atomic E-state index is 0.313. The maximum atomic E-state index is 13.1. The smallest absolute Gasteiger partial charge is 0.137 e. The molecule has 2 aromatic rings. The van der Waals surface area contributed by atoms with Gasteiger partial charge in [0, 0.05) is 32.8 Å². The summed E-state index contributed by atoms with van der Waals surface area (Å²) in [6, 6.07) is 11.8. The normalized spacial score (nSPS) is 12.9. The Hall–Kier alpha value is -1.77. The summed E-state index contributed by atoms with van der Waals surface area (Å²) in [6.07, 6.45) is 1.53. The molecular formula is C16H13BrFNOS. The van der Waals surface area contributed by atoms with Crippen molar-refractivity contribution in [1.82, 2.24) is 0 Å². The van der Waals surface area contributed by atoms with Crippen molar-refractivity contribution >= 4 is 37.2 Å². The monoisotopic (exact) mass is 365 g/mol. The summed E-state index contributed by atoms with van der Waals surface area (Å²) < 4.78 is 27.8. The molecule has 2 nitrogen and oxygen atoms in total. The van der Waals surface area contributed by atoms with Crippen LogP contribution in [-0.4, -0.2) is 16.3 Å². The Morgan fingerprint density at radius 1 is 1.14 bits per heavy atom. The molecule has 2 rings (SSSR count). The number of hydrogen-bond acceptors (Lipinski definition) is 1. The molecule has 0 aliphatic carbocycles. The van der Waals surface area contributed by atoms with Gasteiger partial charge in [-0.05, 0) is 64.3 Å². The van der Waals surface area contributed by atoms with Crippen LogP contribution in [0.5, 0.6) is 0 Å². The molecule has 2 aromatic carbocycles. The molecule has 0 aliphatic rings. The Morgan fingerprint density at radius 3 is 2.29 bits per heavy atom. The largest absolute Gasteiger partial charge is 0.313 e. The molecule has 1 unspecified atom stereocenters. The zero-order valence-corrected chi connectivity index (χ0v) is 13.7. The molecule has 5 heteroatoms. The summed E-state index contributed by atoms with van der Waals surface area (Å²) in [5, 5.41) is 0. The molecule has 0 saturated heterocycles. The van der Waals surface area contributed by atoms with Crippen molar-refractivity contribution in [3.63, 3.8) is 0 Å². The van der Waals surface area contributed by atoms with Gasteiger partial charge in [0.15, 0.2) is 0 Å². The molecule has 108 valence electrons. The van der Waals surface area contributed by atoms with Gasteiger partial charge < -0.3 is 4.72 Å². The van der Waals surface area contributed by atoms with Crippen LogP contribution in [0.4, 0.5) is 10.1 Å². The second-order valence-corrected chi connectivity index (χ2v) is 7.63. The molecule has 0 amide bonds. The predicted octanol–water partition coefficient (Wildman–Crippen LogP) is 3.66. The Kier molecular flexibility index (Phi) is 4.71. The molecule has 0 saturated carbocycles. The Balaban J connectivity index is 2.17. The van der Waals surface area contributed by atoms with Gasteiger partial charge in [-0.2, -0.15) is 0 Å². The maximum absolute atomic E-state index is 13.1. The van der Waals surface area contributed by atoms with Crippen LogP contribution in [0.3, 0.4) is 0 Å². The van der Waals surface area contributed by atoms with E-state index in [0.717, 1.165) is 16.8 Å². The van der Waals surface area contributed by atoms with Crippen LogP contribution >= 0.6 is 15.9 Å². The molecule has 0 aliphatic heterocycles. The summed E-state index contributed by atoms with van der Waals surface area (Å²) >= 11 is 3.13. The van der Waals surface area contributed by atoms with Crippen molar-refractivity contribution in [3.05, 3.63) is 63.9 Å². The maximum Gasteiger partial charge on any atom is 0.137 e. The van der Waals surface area contributed by atoms with Crippen LogP contribution in [0.1, 0.15) is 11.1 Å². The fourth-order valence-electron chi connectivity index (χ4n) is 1.59. The molecular weight excluding hydrogens is 353 g/mol. The highest BCUT2D eigenvalue weighted by atomic mass is 79.9. The first-order chi connectivity index (χ1) is 9.83. The molecule has 0 aromatic heterocycles. The van der Waals surface area contributed by atoms with Crippen LogP contribution in [0.15, 0.2) is 46.9 Å². The van der Waals surface area contributed by atoms with Gasteiger partial charge in [-0.3, -0.25) is 0 Å². The first-order valence-electron chi connectivity index (χ1n) is 6.01. The van der Waals surface area contributed by atoms with Crippen LogP contribution in [0.2, 0.25) is 0 Å². The van der Waals surface area contributed by atoms with Gasteiger partial charge in [-0.25, -0.2) is 8.60 Å². The average molecular weight is 366 g/mol. The predicted molar refractivity (Wildman–Crippen MR) is 91.3 cm³/mol. The third-order valence-corrected chi connectivity index (χ3v) is 3.76. The Bertz CT molecular complexity index is 818. The zero-order chi connectivity index (χ0) is 15.5. The van der Waals surface area contributed by atoms with E-state index in [4.69, 9.17) is 0 Å². The number of benzene rings is 2. The number of rotatable bonds is 2. The van der Waals surface area contributed by atoms with Crippen molar-refractivity contribution in [2.24, 2.45) is 0 Å². The van der Waals surface area contributed by atoms with E-state index in [0.29, 0.717) is 4.47 Å². The van der Waals surface area contributed by atoms with Crippen molar-refractivity contribution in [1.29, 1.82) is 0 Å². The summed E-state index contributed by atoms with van der Waals surface area (Å²) in [6.45, 7) is 0. The van der Waals surface area contributed by atoms with Gasteiger partial charge in [0.25, 0.3) is 0 Å². The van der Waals surface area contributed by atoms with Crippen LogP contribution in [0.25, 0.3) is 0 Å². The minimum Gasteiger partial charge on any atom is -0.313 e. The lowest BCUT2D eigenvalue weighted by Crippen LogP contribution is -2.08. The average Bonchev–Trinajstić information content (AvgIpc) is 2.40. The third kappa shape index (κ3) is 4.92. The van der Waals surface area contributed by atoms with Crippen molar-refractivity contribution in [2.75, 3.05) is 11.0 Å². The molecule has 0 bridgehead atoms. The summed E-state index contributed by atoms with van der Waals surface area (Å²) in [5.41, 5.74) is 2.26. The standard InChI is InChI=1S/C16H13BrFNOS/c1-21(2,20)19-14-8-5-12(6-9-14)3-4-13-7-10-16(18)15(17)11-13/h5-11H,1H2,2H3,(H,19,20). The summed E-state index contributed by atoms with van der Waals surface area (Å²) in [4.78, 5) is 0. The van der Waals surface area contributed by atoms with Crippen molar-refractivity contribution < 1.29 is 8.60 Å². The van der Waals surface area contributed by atoms with Gasteiger partial charge in [-0.1, -0.05) is 11.8 Å². The van der Waals surface area contributed by atoms with Gasteiger partial charge in [-0.15, -0.1) is 0 Å². The quantitative estimate of drug-likeness (QED) is 0.638. The molecule has 0 radical (unpaired) electrons. The summed E-state index contributed by atoms with van der Waals surface area (Å²) in [7, 11) is -2.28. The lowest BCUT2D eigenvalue weighted by Gasteiger charge is -2.06. The molecule has 1 atom stereocenters. The lowest BCUT2D eigenvalue weighted by molar-refractivity contribution is 0.621. The van der Waals surface area contributed by atoms with Crippen molar-refractivity contribution in [2.45, 2.75) is 0 Å².